The summed E-state index contributed by atoms with van der Waals surface area (Å²) in [5.74, 6) is -4.29. The van der Waals surface area contributed by atoms with Crippen molar-refractivity contribution in [1.82, 2.24) is 0 Å². The monoisotopic (exact) mass is 472 g/mol. The highest BCUT2D eigenvalue weighted by Crippen LogP contribution is 2.37. The van der Waals surface area contributed by atoms with Gasteiger partial charge in [-0.1, -0.05) is 6.07 Å². The number of carbonyl (C=O) groups excluding carboxylic acids is 1. The predicted molar refractivity (Wildman–Crippen MR) is 116 cm³/mol. The molecule has 0 bridgehead atoms. The summed E-state index contributed by atoms with van der Waals surface area (Å²) in [6.07, 6.45) is 1.81. The number of amides is 1. The fourth-order valence-corrected chi connectivity index (χ4v) is 4.61. The Morgan fingerprint density at radius 3 is 2.55 bits per heavy atom. The lowest BCUT2D eigenvalue weighted by Gasteiger charge is -2.16. The van der Waals surface area contributed by atoms with Gasteiger partial charge in [0.1, 0.15) is 5.75 Å². The van der Waals surface area contributed by atoms with Crippen molar-refractivity contribution in [1.29, 1.82) is 0 Å². The molecule has 168 valence electrons. The largest absolute Gasteiger partial charge is 0.430 e. The SMILES string of the molecule is Cc1cc(NC(=O)[C@@H](CO)C2CC2)ccc1S(=O)(=O)Nc1cccc(OC(F)(F)P)c1. The topological polar surface area (TPSA) is 105 Å². The molecule has 0 saturated heterocycles. The van der Waals surface area contributed by atoms with E-state index in [1.54, 1.807) is 6.92 Å². The summed E-state index contributed by atoms with van der Waals surface area (Å²) in [4.78, 5) is 12.3. The Bertz CT molecular complexity index is 1070. The Morgan fingerprint density at radius 1 is 1.26 bits per heavy atom. The third-order valence-electron chi connectivity index (χ3n) is 4.80. The minimum absolute atomic E-state index is 0.0332. The fraction of sp³-hybridized carbons (Fsp3) is 0.350. The van der Waals surface area contributed by atoms with Gasteiger partial charge in [-0.15, -0.1) is 0 Å². The molecule has 0 heterocycles. The first-order chi connectivity index (χ1) is 14.5. The highest BCUT2D eigenvalue weighted by Gasteiger charge is 2.35. The van der Waals surface area contributed by atoms with Crippen LogP contribution < -0.4 is 14.8 Å². The summed E-state index contributed by atoms with van der Waals surface area (Å²) >= 11 is 0. The first-order valence-electron chi connectivity index (χ1n) is 9.49. The van der Waals surface area contributed by atoms with Crippen molar-refractivity contribution < 1.29 is 31.8 Å². The maximum atomic E-state index is 13.0. The summed E-state index contributed by atoms with van der Waals surface area (Å²) in [7, 11) is -2.79. The minimum atomic E-state index is -4.03. The summed E-state index contributed by atoms with van der Waals surface area (Å²) in [6.45, 7) is 1.33. The molecule has 1 amide bonds. The van der Waals surface area contributed by atoms with E-state index in [-0.39, 0.29) is 34.8 Å². The van der Waals surface area contributed by atoms with Gasteiger partial charge in [0.25, 0.3) is 10.0 Å². The second-order valence-corrected chi connectivity index (χ2v) is 9.72. The van der Waals surface area contributed by atoms with Crippen molar-refractivity contribution in [2.45, 2.75) is 30.5 Å². The van der Waals surface area contributed by atoms with Gasteiger partial charge < -0.3 is 15.2 Å². The first-order valence-corrected chi connectivity index (χ1v) is 11.6. The molecule has 0 radical (unpaired) electrons. The highest BCUT2D eigenvalue weighted by molar-refractivity contribution is 7.92. The van der Waals surface area contributed by atoms with Gasteiger partial charge in [-0.3, -0.25) is 9.52 Å². The van der Waals surface area contributed by atoms with E-state index >= 15 is 0 Å². The molecule has 3 rings (SSSR count). The van der Waals surface area contributed by atoms with Crippen LogP contribution in [0.25, 0.3) is 0 Å². The zero-order valence-electron chi connectivity index (χ0n) is 16.6. The average molecular weight is 472 g/mol. The normalized spacial score (nSPS) is 15.3. The van der Waals surface area contributed by atoms with E-state index in [2.05, 4.69) is 14.8 Å². The number of anilines is 2. The first kappa shape index (κ1) is 23.4. The number of aryl methyl sites for hydroxylation is 1. The number of sulfonamides is 1. The number of hydrogen-bond acceptors (Lipinski definition) is 5. The van der Waals surface area contributed by atoms with E-state index in [1.807, 2.05) is 0 Å². The molecule has 2 aromatic carbocycles. The number of rotatable bonds is 9. The molecule has 11 heteroatoms. The molecule has 1 aliphatic rings. The standard InChI is InChI=1S/C20H23F2N2O5PS/c1-12-9-14(23-19(26)17(11-25)13-5-6-13)7-8-18(12)31(27,28)24-15-3-2-4-16(10-15)29-20(21,22)30/h2-4,7-10,13,17,24-25H,5-6,11,30H2,1H3,(H,23,26)/t17-/m0/s1. The smallest absolute Gasteiger partial charge is 0.408 e. The van der Waals surface area contributed by atoms with Crippen LogP contribution in [0.1, 0.15) is 18.4 Å². The van der Waals surface area contributed by atoms with Gasteiger partial charge in [-0.25, -0.2) is 8.42 Å². The average Bonchev–Trinajstić information content (AvgIpc) is 3.45. The van der Waals surface area contributed by atoms with Crippen LogP contribution >= 0.6 is 9.24 Å². The van der Waals surface area contributed by atoms with E-state index in [0.717, 1.165) is 18.9 Å². The number of aliphatic hydroxyl groups is 1. The molecule has 7 nitrogen and oxygen atoms in total. The van der Waals surface area contributed by atoms with Crippen LogP contribution in [0, 0.1) is 18.8 Å². The molecular formula is C20H23F2N2O5PS. The summed E-state index contributed by atoms with van der Waals surface area (Å²) in [6, 6.07) is 9.52. The molecule has 2 aromatic rings. The molecule has 0 aromatic heterocycles. The minimum Gasteiger partial charge on any atom is -0.430 e. The lowest BCUT2D eigenvalue weighted by molar-refractivity contribution is -0.121. The number of carbonyl (C=O) groups is 1. The van der Waals surface area contributed by atoms with Crippen molar-refractivity contribution in [3.8, 4) is 5.75 Å². The van der Waals surface area contributed by atoms with Gasteiger partial charge in [0.2, 0.25) is 5.91 Å². The molecule has 0 aliphatic heterocycles. The van der Waals surface area contributed by atoms with Gasteiger partial charge in [0.05, 0.1) is 23.1 Å². The Balaban J connectivity index is 1.74. The van der Waals surface area contributed by atoms with E-state index in [0.29, 0.717) is 11.3 Å². The maximum Gasteiger partial charge on any atom is 0.408 e. The van der Waals surface area contributed by atoms with Crippen molar-refractivity contribution in [2.24, 2.45) is 11.8 Å². The number of benzene rings is 2. The van der Waals surface area contributed by atoms with Crippen molar-refractivity contribution in [3.63, 3.8) is 0 Å². The van der Waals surface area contributed by atoms with Crippen LogP contribution in [0.15, 0.2) is 47.4 Å². The van der Waals surface area contributed by atoms with Crippen LogP contribution in [0.2, 0.25) is 0 Å². The number of ether oxygens (including phenoxy) is 1. The van der Waals surface area contributed by atoms with Crippen LogP contribution in [0.5, 0.6) is 5.75 Å². The Hall–Kier alpha value is -2.29. The molecule has 3 N–H and O–H groups in total. The van der Waals surface area contributed by atoms with Crippen molar-refractivity contribution in [2.75, 3.05) is 16.6 Å². The zero-order valence-corrected chi connectivity index (χ0v) is 18.6. The van der Waals surface area contributed by atoms with Gasteiger partial charge in [0, 0.05) is 11.8 Å². The molecule has 1 aliphatic carbocycles. The molecular weight excluding hydrogens is 449 g/mol. The molecule has 0 spiro atoms. The number of aliphatic hydroxyl groups excluding tert-OH is 1. The van der Waals surface area contributed by atoms with Gasteiger partial charge in [0.15, 0.2) is 0 Å². The third-order valence-corrected chi connectivity index (χ3v) is 6.46. The Labute approximate surface area is 181 Å². The molecule has 2 atom stereocenters. The zero-order chi connectivity index (χ0) is 22.8. The lowest BCUT2D eigenvalue weighted by Crippen LogP contribution is -2.27. The fourth-order valence-electron chi connectivity index (χ4n) is 3.20. The number of hydrogen-bond donors (Lipinski definition) is 3. The summed E-state index contributed by atoms with van der Waals surface area (Å²) < 4.78 is 58.3. The Morgan fingerprint density at radius 2 is 1.97 bits per heavy atom. The van der Waals surface area contributed by atoms with E-state index in [1.165, 1.54) is 45.6 Å². The molecule has 1 unspecified atom stereocenters. The van der Waals surface area contributed by atoms with Crippen LogP contribution in [0.3, 0.4) is 0 Å². The van der Waals surface area contributed by atoms with Crippen LogP contribution in [-0.4, -0.2) is 31.9 Å². The summed E-state index contributed by atoms with van der Waals surface area (Å²) in [5.41, 5.74) is 0.846. The molecule has 1 fully saturated rings. The van der Waals surface area contributed by atoms with Crippen LogP contribution in [0.4, 0.5) is 20.2 Å². The maximum absolute atomic E-state index is 13.0. The summed E-state index contributed by atoms with van der Waals surface area (Å²) in [5, 5.41) is 12.1. The second kappa shape index (κ2) is 9.06. The van der Waals surface area contributed by atoms with Gasteiger partial charge >= 0.3 is 5.85 Å². The quantitative estimate of drug-likeness (QED) is 0.484. The highest BCUT2D eigenvalue weighted by atomic mass is 32.2. The second-order valence-electron chi connectivity index (χ2n) is 7.39. The number of nitrogens with one attached hydrogen (secondary N) is 2. The Kier molecular flexibility index (Phi) is 6.83. The van der Waals surface area contributed by atoms with Crippen molar-refractivity contribution >= 4 is 36.5 Å². The van der Waals surface area contributed by atoms with Crippen LogP contribution in [-0.2, 0) is 14.8 Å². The number of alkyl halides is 2. The van der Waals surface area contributed by atoms with E-state index < -0.39 is 21.8 Å². The van der Waals surface area contributed by atoms with Gasteiger partial charge in [-0.05, 0) is 70.8 Å². The predicted octanol–water partition coefficient (Wildman–Crippen LogP) is 3.56. The van der Waals surface area contributed by atoms with E-state index in [4.69, 9.17) is 0 Å². The van der Waals surface area contributed by atoms with E-state index in [9.17, 15) is 27.1 Å². The van der Waals surface area contributed by atoms with Gasteiger partial charge in [-0.2, -0.15) is 8.78 Å². The molecule has 31 heavy (non-hydrogen) atoms. The number of halogens is 2. The lowest BCUT2D eigenvalue weighted by atomic mass is 10.0. The third kappa shape index (κ3) is 6.35. The van der Waals surface area contributed by atoms with Crippen molar-refractivity contribution in [3.05, 3.63) is 48.0 Å². The molecule has 1 saturated carbocycles.